The molecule has 0 aromatic carbocycles. The first-order valence-electron chi connectivity index (χ1n) is 8.10. The minimum atomic E-state index is -1.04. The number of carbonyl (C=O) groups excluding carboxylic acids is 2. The first-order chi connectivity index (χ1) is 12.0. The number of aryl methyl sites for hydroxylation is 1. The van der Waals surface area contributed by atoms with Crippen LogP contribution >= 0.6 is 0 Å². The van der Waals surface area contributed by atoms with E-state index < -0.39 is 23.7 Å². The zero-order valence-electron chi connectivity index (χ0n) is 15.5. The third-order valence-corrected chi connectivity index (χ3v) is 3.66. The number of rotatable bonds is 4. The molecule has 26 heavy (non-hydrogen) atoms. The molecule has 0 aliphatic carbocycles. The topological polar surface area (TPSA) is 113 Å². The summed E-state index contributed by atoms with van der Waals surface area (Å²) in [4.78, 5) is 36.9. The van der Waals surface area contributed by atoms with Crippen molar-refractivity contribution in [3.63, 3.8) is 0 Å². The van der Waals surface area contributed by atoms with E-state index in [1.165, 1.54) is 12.1 Å². The number of aliphatic carboxylic acids is 1. The molecule has 0 saturated heterocycles. The van der Waals surface area contributed by atoms with E-state index in [1.807, 2.05) is 0 Å². The van der Waals surface area contributed by atoms with Gasteiger partial charge in [0.1, 0.15) is 17.0 Å². The maximum atomic E-state index is 12.5. The average Bonchev–Trinajstić information content (AvgIpc) is 2.99. The molecular formula is C17H24N4O5. The minimum Gasteiger partial charge on any atom is -0.477 e. The zero-order valence-corrected chi connectivity index (χ0v) is 15.5. The second-order valence-corrected chi connectivity index (χ2v) is 7.17. The lowest BCUT2D eigenvalue weighted by atomic mass is 10.2. The van der Waals surface area contributed by atoms with Gasteiger partial charge in [0.2, 0.25) is 0 Å². The number of hydrogen-bond donors (Lipinski definition) is 3. The minimum absolute atomic E-state index is 0.148. The summed E-state index contributed by atoms with van der Waals surface area (Å²) in [6, 6.07) is 1.12. The van der Waals surface area contributed by atoms with Gasteiger partial charge in [-0.15, -0.1) is 0 Å². The van der Waals surface area contributed by atoms with Crippen molar-refractivity contribution in [2.75, 3.05) is 18.9 Å². The van der Waals surface area contributed by atoms with Crippen molar-refractivity contribution in [2.45, 2.75) is 32.4 Å². The number of likely N-dealkylation sites (N-methyl/N-ethyl adjacent to an activating group) is 1. The molecular weight excluding hydrogens is 340 g/mol. The van der Waals surface area contributed by atoms with E-state index in [0.29, 0.717) is 17.9 Å². The van der Waals surface area contributed by atoms with Gasteiger partial charge in [-0.2, -0.15) is 0 Å². The molecule has 1 aromatic heterocycles. The lowest BCUT2D eigenvalue weighted by molar-refractivity contribution is -0.134. The quantitative estimate of drug-likeness (QED) is 0.744. The normalized spacial score (nSPS) is 16.9. The third kappa shape index (κ3) is 4.78. The Balaban J connectivity index is 2.03. The van der Waals surface area contributed by atoms with Gasteiger partial charge in [0.15, 0.2) is 0 Å². The van der Waals surface area contributed by atoms with Crippen LogP contribution in [0.25, 0.3) is 0 Å². The van der Waals surface area contributed by atoms with Gasteiger partial charge in [0, 0.05) is 26.8 Å². The predicted molar refractivity (Wildman–Crippen MR) is 94.9 cm³/mol. The predicted octanol–water partition coefficient (Wildman–Crippen LogP) is 1.38. The lowest BCUT2D eigenvalue weighted by Gasteiger charge is -2.19. The van der Waals surface area contributed by atoms with Gasteiger partial charge in [0.05, 0.1) is 11.7 Å². The van der Waals surface area contributed by atoms with E-state index in [4.69, 9.17) is 9.84 Å². The molecule has 0 saturated carbocycles. The molecule has 9 nitrogen and oxygen atoms in total. The summed E-state index contributed by atoms with van der Waals surface area (Å²) in [5.74, 6) is -1.40. The summed E-state index contributed by atoms with van der Waals surface area (Å²) in [5, 5.41) is 14.4. The van der Waals surface area contributed by atoms with Crippen molar-refractivity contribution in [3.8, 4) is 0 Å². The molecule has 142 valence electrons. The first-order valence-corrected chi connectivity index (χ1v) is 8.10. The monoisotopic (exact) mass is 364 g/mol. The van der Waals surface area contributed by atoms with E-state index in [1.54, 1.807) is 50.5 Å². The molecule has 0 fully saturated rings. The summed E-state index contributed by atoms with van der Waals surface area (Å²) in [6.45, 7) is 5.65. The molecule has 1 unspecified atom stereocenters. The largest absolute Gasteiger partial charge is 0.477 e. The molecule has 0 bridgehead atoms. The van der Waals surface area contributed by atoms with Crippen LogP contribution in [0.1, 0.15) is 31.3 Å². The van der Waals surface area contributed by atoms with Crippen LogP contribution in [0.2, 0.25) is 0 Å². The molecule has 1 aliphatic rings. The fraction of sp³-hybridized carbons (Fsp3) is 0.471. The number of carbonyl (C=O) groups is 3. The fourth-order valence-corrected chi connectivity index (χ4v) is 2.61. The number of hydrogen-bond acceptors (Lipinski definition) is 5. The molecule has 9 heteroatoms. The second kappa shape index (κ2) is 7.11. The zero-order chi connectivity index (χ0) is 19.6. The second-order valence-electron chi connectivity index (χ2n) is 7.17. The van der Waals surface area contributed by atoms with Crippen molar-refractivity contribution in [1.82, 2.24) is 14.8 Å². The average molecular weight is 364 g/mol. The summed E-state index contributed by atoms with van der Waals surface area (Å²) in [7, 11) is 3.33. The summed E-state index contributed by atoms with van der Waals surface area (Å²) < 4.78 is 6.75. The molecule has 0 radical (unpaired) electrons. The van der Waals surface area contributed by atoms with Crippen molar-refractivity contribution in [3.05, 3.63) is 29.7 Å². The number of amides is 2. The summed E-state index contributed by atoms with van der Waals surface area (Å²) >= 11 is 0. The van der Waals surface area contributed by atoms with Crippen molar-refractivity contribution in [2.24, 2.45) is 7.05 Å². The van der Waals surface area contributed by atoms with Crippen molar-refractivity contribution in [1.29, 1.82) is 0 Å². The van der Waals surface area contributed by atoms with Gasteiger partial charge < -0.3 is 24.6 Å². The Labute approximate surface area is 151 Å². The number of anilines is 1. The number of ether oxygens (including phenoxy) is 1. The van der Waals surface area contributed by atoms with Crippen LogP contribution in [0.15, 0.2) is 24.0 Å². The standard InChI is InChI=1S/C17H24N4O5/c1-17(2,3)26-16(25)19-11-6-12(20(4)9-11)14(22)18-10-7-13(15(23)24)21(5)8-10/h6-7,9-10H,8H2,1-5H3,(H,18,22)(H,19,25)(H,23,24). The van der Waals surface area contributed by atoms with E-state index in [9.17, 15) is 14.4 Å². The Bertz CT molecular complexity index is 760. The molecule has 2 rings (SSSR count). The molecule has 2 amide bonds. The number of nitrogens with one attached hydrogen (secondary N) is 2. The summed E-state index contributed by atoms with van der Waals surface area (Å²) in [6.07, 6.45) is 2.49. The highest BCUT2D eigenvalue weighted by molar-refractivity contribution is 5.96. The van der Waals surface area contributed by atoms with Gasteiger partial charge in [0.25, 0.3) is 5.91 Å². The van der Waals surface area contributed by atoms with E-state index in [-0.39, 0.29) is 11.6 Å². The van der Waals surface area contributed by atoms with Crippen LogP contribution in [-0.2, 0) is 16.6 Å². The van der Waals surface area contributed by atoms with E-state index >= 15 is 0 Å². The van der Waals surface area contributed by atoms with Gasteiger partial charge in [-0.25, -0.2) is 9.59 Å². The molecule has 1 aromatic rings. The van der Waals surface area contributed by atoms with Gasteiger partial charge >= 0.3 is 12.1 Å². The van der Waals surface area contributed by atoms with E-state index in [2.05, 4.69) is 10.6 Å². The van der Waals surface area contributed by atoms with Crippen LogP contribution in [0.5, 0.6) is 0 Å². The summed E-state index contributed by atoms with van der Waals surface area (Å²) in [5.41, 5.74) is 0.282. The van der Waals surface area contributed by atoms with Crippen LogP contribution in [0.3, 0.4) is 0 Å². The van der Waals surface area contributed by atoms with Gasteiger partial charge in [-0.1, -0.05) is 0 Å². The highest BCUT2D eigenvalue weighted by Crippen LogP contribution is 2.17. The molecule has 3 N–H and O–H groups in total. The molecule has 0 spiro atoms. The Morgan fingerprint density at radius 3 is 2.46 bits per heavy atom. The van der Waals surface area contributed by atoms with Gasteiger partial charge in [-0.3, -0.25) is 10.1 Å². The Hall–Kier alpha value is -2.97. The van der Waals surface area contributed by atoms with Crippen LogP contribution in [0, 0.1) is 0 Å². The smallest absolute Gasteiger partial charge is 0.412 e. The highest BCUT2D eigenvalue weighted by Gasteiger charge is 2.27. The Morgan fingerprint density at radius 1 is 1.27 bits per heavy atom. The van der Waals surface area contributed by atoms with Gasteiger partial charge in [-0.05, 0) is 32.9 Å². The first kappa shape index (κ1) is 19.4. The fourth-order valence-electron chi connectivity index (χ4n) is 2.61. The van der Waals surface area contributed by atoms with Crippen LogP contribution in [0.4, 0.5) is 10.5 Å². The molecule has 1 aliphatic heterocycles. The van der Waals surface area contributed by atoms with Crippen LogP contribution in [-0.4, -0.2) is 57.8 Å². The Kier molecular flexibility index (Phi) is 5.29. The number of aromatic nitrogens is 1. The maximum absolute atomic E-state index is 12.5. The molecule has 2 heterocycles. The number of carboxylic acids is 1. The SMILES string of the molecule is CN1CC(NC(=O)c2cc(NC(=O)OC(C)(C)C)cn2C)C=C1C(=O)O. The molecule has 1 atom stereocenters. The third-order valence-electron chi connectivity index (χ3n) is 3.66. The van der Waals surface area contributed by atoms with E-state index in [0.717, 1.165) is 0 Å². The Morgan fingerprint density at radius 2 is 1.92 bits per heavy atom. The lowest BCUT2D eigenvalue weighted by Crippen LogP contribution is -2.37. The number of carboxylic acid groups (broad SMARTS) is 1. The number of nitrogens with zero attached hydrogens (tertiary/aromatic N) is 2. The van der Waals surface area contributed by atoms with Crippen LogP contribution < -0.4 is 10.6 Å². The van der Waals surface area contributed by atoms with Crippen molar-refractivity contribution >= 4 is 23.7 Å². The maximum Gasteiger partial charge on any atom is 0.412 e. The highest BCUT2D eigenvalue weighted by atomic mass is 16.6. The van der Waals surface area contributed by atoms with Crippen molar-refractivity contribution < 1.29 is 24.2 Å².